The van der Waals surface area contributed by atoms with E-state index < -0.39 is 0 Å². The first-order valence-corrected chi connectivity index (χ1v) is 6.34. The molecular formula is C13H20ClN3O. The van der Waals surface area contributed by atoms with Gasteiger partial charge in [-0.2, -0.15) is 0 Å². The molecule has 4 nitrogen and oxygen atoms in total. The lowest BCUT2D eigenvalue weighted by Gasteiger charge is -2.15. The first kappa shape index (κ1) is 14.8. The number of rotatable bonds is 5. The molecule has 0 heterocycles. The van der Waals surface area contributed by atoms with E-state index in [1.807, 2.05) is 38.1 Å². The Hall–Kier alpha value is -1.26. The van der Waals surface area contributed by atoms with Gasteiger partial charge in [0.25, 0.3) is 0 Å². The lowest BCUT2D eigenvalue weighted by Crippen LogP contribution is -2.26. The zero-order valence-corrected chi connectivity index (χ0v) is 11.8. The van der Waals surface area contributed by atoms with Gasteiger partial charge in [-0.15, -0.1) is 0 Å². The van der Waals surface area contributed by atoms with Crippen LogP contribution in [0, 0.1) is 0 Å². The Morgan fingerprint density at radius 3 is 2.67 bits per heavy atom. The molecule has 0 bridgehead atoms. The van der Waals surface area contributed by atoms with Gasteiger partial charge in [0.05, 0.1) is 10.7 Å². The summed E-state index contributed by atoms with van der Waals surface area (Å²) < 4.78 is 0. The van der Waals surface area contributed by atoms with Crippen molar-refractivity contribution in [3.05, 3.63) is 23.2 Å². The van der Waals surface area contributed by atoms with Crippen molar-refractivity contribution in [1.82, 2.24) is 0 Å². The van der Waals surface area contributed by atoms with E-state index in [-0.39, 0.29) is 11.9 Å². The summed E-state index contributed by atoms with van der Waals surface area (Å²) in [5, 5.41) is 3.40. The van der Waals surface area contributed by atoms with Crippen LogP contribution >= 0.6 is 11.6 Å². The van der Waals surface area contributed by atoms with E-state index >= 15 is 0 Å². The Morgan fingerprint density at radius 1 is 1.50 bits per heavy atom. The van der Waals surface area contributed by atoms with Crippen molar-refractivity contribution in [2.24, 2.45) is 5.73 Å². The van der Waals surface area contributed by atoms with Gasteiger partial charge in [-0.1, -0.05) is 18.5 Å². The van der Waals surface area contributed by atoms with Gasteiger partial charge in [-0.3, -0.25) is 4.79 Å². The van der Waals surface area contributed by atoms with Crippen LogP contribution in [0.2, 0.25) is 5.02 Å². The number of nitrogens with two attached hydrogens (primary N) is 1. The second-order valence-corrected chi connectivity index (χ2v) is 4.89. The highest BCUT2D eigenvalue weighted by atomic mass is 35.5. The van der Waals surface area contributed by atoms with E-state index in [0.717, 1.165) is 12.1 Å². The largest absolute Gasteiger partial charge is 0.376 e. The molecule has 0 radical (unpaired) electrons. The first-order valence-electron chi connectivity index (χ1n) is 5.96. The highest BCUT2D eigenvalue weighted by molar-refractivity contribution is 6.33. The normalized spacial score (nSPS) is 12.1. The quantitative estimate of drug-likeness (QED) is 0.863. The number of carbonyl (C=O) groups is 1. The molecule has 1 aromatic carbocycles. The van der Waals surface area contributed by atoms with Gasteiger partial charge in [0.15, 0.2) is 0 Å². The number of nitrogens with zero attached hydrogens (tertiary/aromatic N) is 1. The molecule has 1 atom stereocenters. The summed E-state index contributed by atoms with van der Waals surface area (Å²) in [6.07, 6.45) is 1.11. The maximum Gasteiger partial charge on any atom is 0.225 e. The molecule has 100 valence electrons. The molecule has 0 saturated carbocycles. The Morgan fingerprint density at radius 2 is 2.17 bits per heavy atom. The SMILES string of the molecule is CCC(N)CC(=O)Nc1ccc(N(C)C)c(Cl)c1. The smallest absolute Gasteiger partial charge is 0.225 e. The summed E-state index contributed by atoms with van der Waals surface area (Å²) in [7, 11) is 3.83. The molecule has 1 unspecified atom stereocenters. The Bertz CT molecular complexity index is 421. The van der Waals surface area contributed by atoms with Gasteiger partial charge in [-0.25, -0.2) is 0 Å². The van der Waals surface area contributed by atoms with Crippen molar-refractivity contribution in [1.29, 1.82) is 0 Å². The molecule has 0 spiro atoms. The van der Waals surface area contributed by atoms with Crippen molar-refractivity contribution >= 4 is 28.9 Å². The van der Waals surface area contributed by atoms with Crippen LogP contribution in [0.15, 0.2) is 18.2 Å². The molecule has 0 aliphatic carbocycles. The Labute approximate surface area is 113 Å². The van der Waals surface area contributed by atoms with E-state index in [1.54, 1.807) is 6.07 Å². The molecule has 3 N–H and O–H groups in total. The molecule has 5 heteroatoms. The fraction of sp³-hybridized carbons (Fsp3) is 0.462. The second kappa shape index (κ2) is 6.61. The van der Waals surface area contributed by atoms with Crippen LogP contribution in [0.25, 0.3) is 0 Å². The molecule has 0 fully saturated rings. The van der Waals surface area contributed by atoms with E-state index in [2.05, 4.69) is 5.32 Å². The highest BCUT2D eigenvalue weighted by Crippen LogP contribution is 2.27. The number of hydrogen-bond donors (Lipinski definition) is 2. The number of nitrogens with one attached hydrogen (secondary N) is 1. The summed E-state index contributed by atoms with van der Waals surface area (Å²) in [5.41, 5.74) is 7.34. The minimum absolute atomic E-state index is 0.0852. The monoisotopic (exact) mass is 269 g/mol. The topological polar surface area (TPSA) is 58.4 Å². The fourth-order valence-corrected chi connectivity index (χ4v) is 1.89. The number of hydrogen-bond acceptors (Lipinski definition) is 3. The average Bonchev–Trinajstić information content (AvgIpc) is 2.28. The first-order chi connectivity index (χ1) is 8.43. The predicted octanol–water partition coefficient (Wildman–Crippen LogP) is 2.47. The number of anilines is 2. The molecule has 0 aromatic heterocycles. The van der Waals surface area contributed by atoms with Gasteiger partial charge < -0.3 is 16.0 Å². The minimum atomic E-state index is -0.0958. The third-order valence-electron chi connectivity index (χ3n) is 2.69. The van der Waals surface area contributed by atoms with E-state index in [1.165, 1.54) is 0 Å². The van der Waals surface area contributed by atoms with Crippen molar-refractivity contribution in [2.75, 3.05) is 24.3 Å². The van der Waals surface area contributed by atoms with Crippen LogP contribution in [0.4, 0.5) is 11.4 Å². The summed E-state index contributed by atoms with van der Waals surface area (Å²) in [5.74, 6) is -0.0852. The highest BCUT2D eigenvalue weighted by Gasteiger charge is 2.09. The summed E-state index contributed by atoms with van der Waals surface area (Å²) in [4.78, 5) is 13.6. The number of amides is 1. The molecule has 18 heavy (non-hydrogen) atoms. The number of halogens is 1. The maximum atomic E-state index is 11.7. The van der Waals surface area contributed by atoms with Crippen LogP contribution in [0.1, 0.15) is 19.8 Å². The molecule has 0 aliphatic rings. The number of benzene rings is 1. The van der Waals surface area contributed by atoms with E-state index in [9.17, 15) is 4.79 Å². The van der Waals surface area contributed by atoms with Crippen LogP contribution in [-0.2, 0) is 4.79 Å². The lowest BCUT2D eigenvalue weighted by atomic mass is 10.1. The molecule has 1 aromatic rings. The fourth-order valence-electron chi connectivity index (χ4n) is 1.54. The van der Waals surface area contributed by atoms with Crippen molar-refractivity contribution in [3.8, 4) is 0 Å². The summed E-state index contributed by atoms with van der Waals surface area (Å²) in [6, 6.07) is 5.35. The van der Waals surface area contributed by atoms with Gasteiger partial charge in [-0.05, 0) is 24.6 Å². The molecule has 0 saturated heterocycles. The number of carbonyl (C=O) groups excluding carboxylic acids is 1. The van der Waals surface area contributed by atoms with Crippen LogP contribution < -0.4 is 16.0 Å². The Kier molecular flexibility index (Phi) is 5.44. The third kappa shape index (κ3) is 4.20. The molecule has 1 amide bonds. The molecule has 0 aliphatic heterocycles. The van der Waals surface area contributed by atoms with Gasteiger partial charge in [0.1, 0.15) is 0 Å². The zero-order valence-electron chi connectivity index (χ0n) is 11.0. The molecule has 1 rings (SSSR count). The van der Waals surface area contributed by atoms with Crippen LogP contribution in [-0.4, -0.2) is 26.0 Å². The maximum absolute atomic E-state index is 11.7. The minimum Gasteiger partial charge on any atom is -0.376 e. The van der Waals surface area contributed by atoms with Crippen molar-refractivity contribution in [3.63, 3.8) is 0 Å². The third-order valence-corrected chi connectivity index (χ3v) is 2.99. The van der Waals surface area contributed by atoms with E-state index in [0.29, 0.717) is 17.1 Å². The predicted molar refractivity (Wildman–Crippen MR) is 77.3 cm³/mol. The van der Waals surface area contributed by atoms with Crippen LogP contribution in [0.3, 0.4) is 0 Å². The van der Waals surface area contributed by atoms with Gasteiger partial charge >= 0.3 is 0 Å². The van der Waals surface area contributed by atoms with Gasteiger partial charge in [0, 0.05) is 32.2 Å². The van der Waals surface area contributed by atoms with Crippen LogP contribution in [0.5, 0.6) is 0 Å². The van der Waals surface area contributed by atoms with Crippen molar-refractivity contribution < 1.29 is 4.79 Å². The lowest BCUT2D eigenvalue weighted by molar-refractivity contribution is -0.116. The average molecular weight is 270 g/mol. The second-order valence-electron chi connectivity index (χ2n) is 4.48. The van der Waals surface area contributed by atoms with Gasteiger partial charge in [0.2, 0.25) is 5.91 Å². The Balaban J connectivity index is 2.69. The standard InChI is InChI=1S/C13H20ClN3O/c1-4-9(15)7-13(18)16-10-5-6-12(17(2)3)11(14)8-10/h5-6,8-9H,4,7,15H2,1-3H3,(H,16,18). The summed E-state index contributed by atoms with van der Waals surface area (Å²) in [6.45, 7) is 1.96. The van der Waals surface area contributed by atoms with Crippen molar-refractivity contribution in [2.45, 2.75) is 25.8 Å². The molecular weight excluding hydrogens is 250 g/mol. The van der Waals surface area contributed by atoms with E-state index in [4.69, 9.17) is 17.3 Å². The zero-order chi connectivity index (χ0) is 13.7. The summed E-state index contributed by atoms with van der Waals surface area (Å²) >= 11 is 6.12.